The Hall–Kier alpha value is -3.29. The number of anilines is 1. The lowest BCUT2D eigenvalue weighted by atomic mass is 9.94. The standard InChI is InChI=1S/C23H30N3O5/c1-24(21-7-4-5-11-26(21)29)10-6-12-31-20-9-8-17-13-18(15-22(27)30-3)23(28)25(2)16-19(17)14-20/h4-5,7-9,11,14,18,29H,6,10,12-13,15-16H2,1-3H3/q+1. The minimum absolute atomic E-state index is 0.0471. The molecule has 3 rings (SSSR count). The van der Waals surface area contributed by atoms with Crippen LogP contribution in [0, 0.1) is 5.92 Å². The van der Waals surface area contributed by atoms with Crippen LogP contribution in [0.3, 0.4) is 0 Å². The lowest BCUT2D eigenvalue weighted by Crippen LogP contribution is -2.38. The molecule has 0 saturated heterocycles. The highest BCUT2D eigenvalue weighted by Gasteiger charge is 2.30. The van der Waals surface area contributed by atoms with Gasteiger partial charge in [0, 0.05) is 26.1 Å². The fourth-order valence-electron chi connectivity index (χ4n) is 3.81. The molecule has 0 bridgehead atoms. The smallest absolute Gasteiger partial charge is 0.315 e. The number of amides is 1. The number of methoxy groups -OCH3 is 1. The fraction of sp³-hybridized carbons (Fsp3) is 0.435. The maximum Gasteiger partial charge on any atom is 0.315 e. The second kappa shape index (κ2) is 10.1. The molecular weight excluding hydrogens is 398 g/mol. The molecule has 1 aromatic carbocycles. The van der Waals surface area contributed by atoms with Crippen LogP contribution in [0.1, 0.15) is 24.0 Å². The van der Waals surface area contributed by atoms with Crippen LogP contribution in [0.5, 0.6) is 5.75 Å². The average molecular weight is 429 g/mol. The minimum Gasteiger partial charge on any atom is -0.493 e. The van der Waals surface area contributed by atoms with E-state index in [4.69, 9.17) is 9.47 Å². The van der Waals surface area contributed by atoms with Crippen LogP contribution in [0.2, 0.25) is 0 Å². The van der Waals surface area contributed by atoms with Crippen LogP contribution in [0.25, 0.3) is 0 Å². The fourth-order valence-corrected chi connectivity index (χ4v) is 3.81. The maximum absolute atomic E-state index is 12.6. The van der Waals surface area contributed by atoms with E-state index in [2.05, 4.69) is 0 Å². The van der Waals surface area contributed by atoms with Crippen molar-refractivity contribution >= 4 is 17.7 Å². The molecule has 1 amide bonds. The molecule has 1 aromatic heterocycles. The molecule has 1 aliphatic rings. The summed E-state index contributed by atoms with van der Waals surface area (Å²) in [5, 5.41) is 9.86. The largest absolute Gasteiger partial charge is 0.493 e. The van der Waals surface area contributed by atoms with E-state index in [1.165, 1.54) is 7.11 Å². The highest BCUT2D eigenvalue weighted by molar-refractivity contribution is 5.84. The SMILES string of the molecule is COC(=O)CC1Cc2ccc(OCCCN(C)c3cccc[n+]3O)cc2CN(C)C1=O. The minimum atomic E-state index is -0.409. The zero-order valence-electron chi connectivity index (χ0n) is 18.3. The van der Waals surface area contributed by atoms with Crippen LogP contribution in [-0.4, -0.2) is 56.3 Å². The third-order valence-electron chi connectivity index (χ3n) is 5.53. The summed E-state index contributed by atoms with van der Waals surface area (Å²) in [5.74, 6) is 0.636. The number of benzene rings is 1. The van der Waals surface area contributed by atoms with Crippen molar-refractivity contribution < 1.29 is 29.0 Å². The Labute approximate surface area is 182 Å². The van der Waals surface area contributed by atoms with Crippen molar-refractivity contribution in [2.45, 2.75) is 25.8 Å². The van der Waals surface area contributed by atoms with Crippen molar-refractivity contribution in [3.05, 3.63) is 53.7 Å². The molecule has 1 unspecified atom stereocenters. The molecule has 2 heterocycles. The highest BCUT2D eigenvalue weighted by Crippen LogP contribution is 2.27. The van der Waals surface area contributed by atoms with Gasteiger partial charge in [-0.15, -0.1) is 0 Å². The van der Waals surface area contributed by atoms with Crippen molar-refractivity contribution in [3.8, 4) is 5.75 Å². The first-order valence-corrected chi connectivity index (χ1v) is 10.4. The van der Waals surface area contributed by atoms with Gasteiger partial charge in [-0.1, -0.05) is 16.9 Å². The van der Waals surface area contributed by atoms with Crippen molar-refractivity contribution in [1.29, 1.82) is 0 Å². The summed E-state index contributed by atoms with van der Waals surface area (Å²) in [4.78, 5) is 27.9. The number of hydrogen-bond acceptors (Lipinski definition) is 6. The molecule has 2 aromatic rings. The van der Waals surface area contributed by atoms with Gasteiger partial charge in [-0.25, -0.2) is 0 Å². The average Bonchev–Trinajstić information content (AvgIpc) is 2.87. The maximum atomic E-state index is 12.6. The second-order valence-electron chi connectivity index (χ2n) is 7.83. The predicted octanol–water partition coefficient (Wildman–Crippen LogP) is 1.81. The Morgan fingerprint density at radius 1 is 1.29 bits per heavy atom. The van der Waals surface area contributed by atoms with Crippen LogP contribution < -0.4 is 14.4 Å². The summed E-state index contributed by atoms with van der Waals surface area (Å²) in [5.41, 5.74) is 2.08. The van der Waals surface area contributed by atoms with E-state index in [-0.39, 0.29) is 18.3 Å². The number of aromatic nitrogens is 1. The van der Waals surface area contributed by atoms with Crippen LogP contribution in [0.15, 0.2) is 42.6 Å². The molecule has 31 heavy (non-hydrogen) atoms. The zero-order valence-corrected chi connectivity index (χ0v) is 18.3. The highest BCUT2D eigenvalue weighted by atomic mass is 16.5. The molecule has 1 atom stereocenters. The van der Waals surface area contributed by atoms with Gasteiger partial charge < -0.3 is 19.6 Å². The Morgan fingerprint density at radius 2 is 2.10 bits per heavy atom. The van der Waals surface area contributed by atoms with Gasteiger partial charge in [0.25, 0.3) is 0 Å². The first-order chi connectivity index (χ1) is 14.9. The van der Waals surface area contributed by atoms with Gasteiger partial charge in [-0.2, -0.15) is 0 Å². The number of ether oxygens (including phenoxy) is 2. The molecular formula is C23H30N3O5+. The van der Waals surface area contributed by atoms with Gasteiger partial charge in [0.05, 0.1) is 39.6 Å². The number of esters is 1. The van der Waals surface area contributed by atoms with Gasteiger partial charge in [0.2, 0.25) is 5.91 Å². The van der Waals surface area contributed by atoms with Gasteiger partial charge in [-0.3, -0.25) is 14.5 Å². The van der Waals surface area contributed by atoms with Crippen LogP contribution >= 0.6 is 0 Å². The molecule has 1 aliphatic heterocycles. The molecule has 1 N–H and O–H groups in total. The van der Waals surface area contributed by atoms with E-state index in [0.29, 0.717) is 25.4 Å². The third kappa shape index (κ3) is 5.65. The summed E-state index contributed by atoms with van der Waals surface area (Å²) in [7, 11) is 5.01. The summed E-state index contributed by atoms with van der Waals surface area (Å²) >= 11 is 0. The van der Waals surface area contributed by atoms with E-state index >= 15 is 0 Å². The number of pyridine rings is 1. The molecule has 0 spiro atoms. The van der Waals surface area contributed by atoms with E-state index < -0.39 is 5.92 Å². The molecule has 0 radical (unpaired) electrons. The van der Waals surface area contributed by atoms with Gasteiger partial charge in [0.15, 0.2) is 0 Å². The third-order valence-corrected chi connectivity index (χ3v) is 5.53. The lowest BCUT2D eigenvalue weighted by Gasteiger charge is -2.19. The molecule has 0 fully saturated rings. The van der Waals surface area contributed by atoms with Gasteiger partial charge in [-0.05, 0) is 35.7 Å². The first kappa shape index (κ1) is 22.4. The number of fused-ring (bicyclic) bond motifs is 1. The van der Waals surface area contributed by atoms with E-state index in [9.17, 15) is 14.8 Å². The molecule has 8 nitrogen and oxygen atoms in total. The van der Waals surface area contributed by atoms with E-state index in [1.807, 2.05) is 42.3 Å². The number of carbonyl (C=O) groups is 2. The first-order valence-electron chi connectivity index (χ1n) is 10.4. The topological polar surface area (TPSA) is 83.2 Å². The molecule has 8 heteroatoms. The zero-order chi connectivity index (χ0) is 22.4. The summed E-state index contributed by atoms with van der Waals surface area (Å²) in [6.45, 7) is 1.74. The van der Waals surface area contributed by atoms with E-state index in [1.54, 1.807) is 24.2 Å². The van der Waals surface area contributed by atoms with E-state index in [0.717, 1.165) is 34.6 Å². The van der Waals surface area contributed by atoms with Crippen molar-refractivity contribution in [2.24, 2.45) is 5.92 Å². The van der Waals surface area contributed by atoms with Crippen molar-refractivity contribution in [1.82, 2.24) is 4.90 Å². The van der Waals surface area contributed by atoms with Crippen molar-refractivity contribution in [3.63, 3.8) is 0 Å². The normalized spacial score (nSPS) is 15.8. The van der Waals surface area contributed by atoms with Crippen molar-refractivity contribution in [2.75, 3.05) is 39.3 Å². The molecule has 166 valence electrons. The summed E-state index contributed by atoms with van der Waals surface area (Å²) in [6, 6.07) is 11.4. The lowest BCUT2D eigenvalue weighted by molar-refractivity contribution is -0.894. The number of nitrogens with zero attached hydrogens (tertiary/aromatic N) is 3. The summed E-state index contributed by atoms with van der Waals surface area (Å²) in [6.07, 6.45) is 2.97. The quantitative estimate of drug-likeness (QED) is 0.299. The number of carbonyl (C=O) groups excluding carboxylic acids is 2. The van der Waals surface area contributed by atoms with Gasteiger partial charge >= 0.3 is 11.8 Å². The predicted molar refractivity (Wildman–Crippen MR) is 114 cm³/mol. The Balaban J connectivity index is 1.58. The number of hydrogen-bond donors (Lipinski definition) is 1. The monoisotopic (exact) mass is 428 g/mol. The van der Waals surface area contributed by atoms with Crippen LogP contribution in [0.4, 0.5) is 5.82 Å². The second-order valence-corrected chi connectivity index (χ2v) is 7.83. The Kier molecular flexibility index (Phi) is 7.33. The molecule has 0 saturated carbocycles. The Morgan fingerprint density at radius 3 is 2.84 bits per heavy atom. The Bertz CT molecular complexity index is 933. The summed E-state index contributed by atoms with van der Waals surface area (Å²) < 4.78 is 11.8. The van der Waals surface area contributed by atoms with Crippen LogP contribution in [-0.2, 0) is 27.3 Å². The van der Waals surface area contributed by atoms with Gasteiger partial charge in [0.1, 0.15) is 11.9 Å². The number of rotatable bonds is 8. The molecule has 0 aliphatic carbocycles.